The lowest BCUT2D eigenvalue weighted by Crippen LogP contribution is -2.15. The molecule has 0 radical (unpaired) electrons. The Morgan fingerprint density at radius 2 is 1.84 bits per heavy atom. The van der Waals surface area contributed by atoms with Gasteiger partial charge in [-0.05, 0) is 44.0 Å². The van der Waals surface area contributed by atoms with Crippen LogP contribution in [-0.4, -0.2) is 18.9 Å². The van der Waals surface area contributed by atoms with Crippen LogP contribution in [0.3, 0.4) is 0 Å². The standard InChI is InChI=1S/C11H7Br2NO5/c1-6(15)17-5-18-11(16)19-10-8(12)2-7(4-14)3-9(10)13/h2-3H,5H2,1H3. The molecule has 0 aliphatic rings. The summed E-state index contributed by atoms with van der Waals surface area (Å²) in [5.41, 5.74) is 0.388. The third-order valence-electron chi connectivity index (χ3n) is 1.75. The van der Waals surface area contributed by atoms with Gasteiger partial charge in [0.2, 0.25) is 6.79 Å². The molecule has 0 N–H and O–H groups in total. The van der Waals surface area contributed by atoms with E-state index in [0.29, 0.717) is 14.5 Å². The number of ether oxygens (including phenoxy) is 3. The smallest absolute Gasteiger partial charge is 0.428 e. The number of nitrogens with zero attached hydrogens (tertiary/aromatic N) is 1. The van der Waals surface area contributed by atoms with Gasteiger partial charge >= 0.3 is 12.1 Å². The Morgan fingerprint density at radius 1 is 1.26 bits per heavy atom. The van der Waals surface area contributed by atoms with Crippen LogP contribution in [0.4, 0.5) is 4.79 Å². The molecule has 0 aliphatic heterocycles. The van der Waals surface area contributed by atoms with Gasteiger partial charge < -0.3 is 14.2 Å². The number of benzene rings is 1. The fourth-order valence-corrected chi connectivity index (χ4v) is 2.34. The maximum atomic E-state index is 11.3. The van der Waals surface area contributed by atoms with Gasteiger partial charge in [-0.25, -0.2) is 4.79 Å². The summed E-state index contributed by atoms with van der Waals surface area (Å²) in [6.45, 7) is 0.655. The van der Waals surface area contributed by atoms with Gasteiger partial charge in [-0.3, -0.25) is 4.79 Å². The predicted octanol–water partition coefficient (Wildman–Crippen LogP) is 3.12. The zero-order valence-corrected chi connectivity index (χ0v) is 12.8. The van der Waals surface area contributed by atoms with Crippen molar-refractivity contribution in [3.8, 4) is 11.8 Å². The number of carbonyl (C=O) groups excluding carboxylic acids is 2. The zero-order valence-electron chi connectivity index (χ0n) is 9.61. The second-order valence-electron chi connectivity index (χ2n) is 3.13. The Hall–Kier alpha value is -1.59. The molecular weight excluding hydrogens is 386 g/mol. The van der Waals surface area contributed by atoms with Gasteiger partial charge in [0.25, 0.3) is 0 Å². The minimum atomic E-state index is -1.03. The summed E-state index contributed by atoms with van der Waals surface area (Å²) in [4.78, 5) is 21.8. The van der Waals surface area contributed by atoms with E-state index in [0.717, 1.165) is 0 Å². The maximum Gasteiger partial charge on any atom is 0.516 e. The van der Waals surface area contributed by atoms with Crippen LogP contribution >= 0.6 is 31.9 Å². The molecule has 0 spiro atoms. The Morgan fingerprint density at radius 3 is 2.32 bits per heavy atom. The molecule has 0 atom stereocenters. The Balaban J connectivity index is 2.70. The lowest BCUT2D eigenvalue weighted by Gasteiger charge is -2.09. The van der Waals surface area contributed by atoms with Crippen molar-refractivity contribution in [2.24, 2.45) is 0 Å². The summed E-state index contributed by atoms with van der Waals surface area (Å²) in [6, 6.07) is 4.92. The van der Waals surface area contributed by atoms with Gasteiger partial charge in [0.1, 0.15) is 0 Å². The van der Waals surface area contributed by atoms with Crippen molar-refractivity contribution in [1.29, 1.82) is 5.26 Å². The molecule has 6 nitrogen and oxygen atoms in total. The number of halogens is 2. The number of hydrogen-bond donors (Lipinski definition) is 0. The van der Waals surface area contributed by atoms with Gasteiger partial charge in [0.15, 0.2) is 5.75 Å². The molecule has 1 rings (SSSR count). The molecule has 1 aromatic rings. The monoisotopic (exact) mass is 391 g/mol. The van der Waals surface area contributed by atoms with Gasteiger partial charge in [0, 0.05) is 6.92 Å². The van der Waals surface area contributed by atoms with Crippen LogP contribution in [0, 0.1) is 11.3 Å². The molecule has 0 saturated carbocycles. The van der Waals surface area contributed by atoms with E-state index < -0.39 is 18.9 Å². The first-order chi connectivity index (χ1) is 8.93. The predicted molar refractivity (Wildman–Crippen MR) is 70.3 cm³/mol. The fraction of sp³-hybridized carbons (Fsp3) is 0.182. The van der Waals surface area contributed by atoms with E-state index in [2.05, 4.69) is 41.3 Å². The van der Waals surface area contributed by atoms with Crippen LogP contribution < -0.4 is 4.74 Å². The van der Waals surface area contributed by atoms with Crippen molar-refractivity contribution in [2.75, 3.05) is 6.79 Å². The number of nitriles is 1. The van der Waals surface area contributed by atoms with Gasteiger partial charge in [-0.15, -0.1) is 0 Å². The van der Waals surface area contributed by atoms with Gasteiger partial charge in [-0.1, -0.05) is 0 Å². The van der Waals surface area contributed by atoms with E-state index in [1.165, 1.54) is 19.1 Å². The molecule has 19 heavy (non-hydrogen) atoms. The van der Waals surface area contributed by atoms with Gasteiger partial charge in [0.05, 0.1) is 20.6 Å². The summed E-state index contributed by atoms with van der Waals surface area (Å²) in [6.07, 6.45) is -1.03. The van der Waals surface area contributed by atoms with Crippen molar-refractivity contribution in [2.45, 2.75) is 6.92 Å². The van der Waals surface area contributed by atoms with Crippen molar-refractivity contribution in [1.82, 2.24) is 0 Å². The molecule has 0 bridgehead atoms. The largest absolute Gasteiger partial charge is 0.516 e. The Bertz CT molecular complexity index is 530. The summed E-state index contributed by atoms with van der Waals surface area (Å²) in [7, 11) is 0. The zero-order chi connectivity index (χ0) is 14.4. The highest BCUT2D eigenvalue weighted by Crippen LogP contribution is 2.34. The number of hydrogen-bond acceptors (Lipinski definition) is 6. The normalized spacial score (nSPS) is 9.37. The summed E-state index contributed by atoms with van der Waals surface area (Å²) < 4.78 is 14.6. The van der Waals surface area contributed by atoms with Gasteiger partial charge in [-0.2, -0.15) is 5.26 Å². The Kier molecular flexibility index (Phi) is 5.79. The molecular formula is C11H7Br2NO5. The number of carbonyl (C=O) groups is 2. The molecule has 8 heteroatoms. The number of esters is 1. The lowest BCUT2D eigenvalue weighted by atomic mass is 10.2. The second kappa shape index (κ2) is 7.11. The van der Waals surface area contributed by atoms with Crippen molar-refractivity contribution in [3.05, 3.63) is 26.6 Å². The maximum absolute atomic E-state index is 11.3. The van der Waals surface area contributed by atoms with Crippen molar-refractivity contribution < 1.29 is 23.8 Å². The van der Waals surface area contributed by atoms with Crippen LogP contribution in [0.5, 0.6) is 5.75 Å². The van der Waals surface area contributed by atoms with E-state index in [4.69, 9.17) is 10.00 Å². The highest BCUT2D eigenvalue weighted by atomic mass is 79.9. The average molecular weight is 393 g/mol. The first-order valence-electron chi connectivity index (χ1n) is 4.81. The number of rotatable bonds is 3. The van der Waals surface area contributed by atoms with Crippen LogP contribution in [0.2, 0.25) is 0 Å². The quantitative estimate of drug-likeness (QED) is 0.446. The molecule has 0 aromatic heterocycles. The summed E-state index contributed by atoms with van der Waals surface area (Å²) in [5, 5.41) is 8.75. The minimum Gasteiger partial charge on any atom is -0.428 e. The third-order valence-corrected chi connectivity index (χ3v) is 2.93. The van der Waals surface area contributed by atoms with Crippen LogP contribution in [0.1, 0.15) is 12.5 Å². The first kappa shape index (κ1) is 15.5. The Labute approximate surface area is 125 Å². The summed E-state index contributed by atoms with van der Waals surface area (Å²) >= 11 is 6.32. The highest BCUT2D eigenvalue weighted by Gasteiger charge is 2.14. The van der Waals surface area contributed by atoms with Crippen molar-refractivity contribution >= 4 is 44.0 Å². The third kappa shape index (κ3) is 4.89. The molecule has 100 valence electrons. The van der Waals surface area contributed by atoms with E-state index >= 15 is 0 Å². The molecule has 0 unspecified atom stereocenters. The van der Waals surface area contributed by atoms with E-state index in [1.807, 2.05) is 6.07 Å². The van der Waals surface area contributed by atoms with Crippen molar-refractivity contribution in [3.63, 3.8) is 0 Å². The van der Waals surface area contributed by atoms with E-state index in [9.17, 15) is 9.59 Å². The highest BCUT2D eigenvalue weighted by molar-refractivity contribution is 9.11. The molecule has 0 amide bonds. The molecule has 0 fully saturated rings. The molecule has 1 aromatic carbocycles. The van der Waals surface area contributed by atoms with E-state index in [-0.39, 0.29) is 5.75 Å². The molecule has 0 heterocycles. The lowest BCUT2D eigenvalue weighted by molar-refractivity contribution is -0.149. The first-order valence-corrected chi connectivity index (χ1v) is 6.39. The topological polar surface area (TPSA) is 85.6 Å². The van der Waals surface area contributed by atoms with Crippen LogP contribution in [-0.2, 0) is 14.3 Å². The van der Waals surface area contributed by atoms with Crippen LogP contribution in [0.15, 0.2) is 21.1 Å². The summed E-state index contributed by atoms with van der Waals surface area (Å²) in [5.74, 6) is -0.416. The molecule has 0 saturated heterocycles. The van der Waals surface area contributed by atoms with E-state index in [1.54, 1.807) is 0 Å². The minimum absolute atomic E-state index is 0.159. The molecule has 0 aliphatic carbocycles. The average Bonchev–Trinajstić information content (AvgIpc) is 2.33. The SMILES string of the molecule is CC(=O)OCOC(=O)Oc1c(Br)cc(C#N)cc1Br. The fourth-order valence-electron chi connectivity index (χ4n) is 0.995. The second-order valence-corrected chi connectivity index (χ2v) is 4.84. The van der Waals surface area contributed by atoms with Crippen LogP contribution in [0.25, 0.3) is 0 Å².